The van der Waals surface area contributed by atoms with Crippen molar-refractivity contribution in [2.75, 3.05) is 0 Å². The second-order valence-electron chi connectivity index (χ2n) is 7.28. The van der Waals surface area contributed by atoms with Crippen molar-refractivity contribution in [3.05, 3.63) is 0 Å². The zero-order valence-corrected chi connectivity index (χ0v) is 14.1. The molecule has 0 bridgehead atoms. The summed E-state index contributed by atoms with van der Waals surface area (Å²) in [5.41, 5.74) is 0. The molecule has 0 saturated carbocycles. The van der Waals surface area contributed by atoms with Gasteiger partial charge in [-0.25, -0.2) is 0 Å². The number of hydrogen-bond acceptors (Lipinski definition) is 0. The molecule has 0 rings (SSSR count). The molecule has 0 saturated heterocycles. The van der Waals surface area contributed by atoms with Crippen molar-refractivity contribution >= 4 is 0 Å². The normalized spacial score (nSPS) is 15.7. The van der Waals surface area contributed by atoms with Crippen molar-refractivity contribution in [3.63, 3.8) is 0 Å². The molecule has 0 spiro atoms. The van der Waals surface area contributed by atoms with Gasteiger partial charge >= 0.3 is 0 Å². The highest BCUT2D eigenvalue weighted by Crippen LogP contribution is 2.32. The van der Waals surface area contributed by atoms with Gasteiger partial charge in [0.05, 0.1) is 0 Å². The lowest BCUT2D eigenvalue weighted by atomic mass is 9.77. The molecule has 0 N–H and O–H groups in total. The molecule has 2 atom stereocenters. The molecule has 0 nitrogen and oxygen atoms in total. The van der Waals surface area contributed by atoms with Crippen molar-refractivity contribution in [1.82, 2.24) is 0 Å². The van der Waals surface area contributed by atoms with Crippen molar-refractivity contribution in [2.45, 2.75) is 87.0 Å². The molecule has 18 heavy (non-hydrogen) atoms. The summed E-state index contributed by atoms with van der Waals surface area (Å²) in [4.78, 5) is 0. The molecule has 2 unspecified atom stereocenters. The van der Waals surface area contributed by atoms with Gasteiger partial charge < -0.3 is 0 Å². The Balaban J connectivity index is 4.35. The van der Waals surface area contributed by atoms with E-state index in [2.05, 4.69) is 48.5 Å². The highest BCUT2D eigenvalue weighted by Gasteiger charge is 2.21. The standard InChI is InChI=1S/C18H38/c1-8-17(9-2)18(11-10-14(3)4)13-16(7)12-15(5)6/h14-18H,8-13H2,1-7H3. The maximum Gasteiger partial charge on any atom is -0.0383 e. The first-order valence-corrected chi connectivity index (χ1v) is 8.40. The monoisotopic (exact) mass is 254 g/mol. The quantitative estimate of drug-likeness (QED) is 0.415. The molecular formula is C18H38. The molecule has 0 aromatic rings. The SMILES string of the molecule is CCC(CC)C(CCC(C)C)CC(C)CC(C)C. The van der Waals surface area contributed by atoms with E-state index in [0.717, 1.165) is 29.6 Å². The summed E-state index contributed by atoms with van der Waals surface area (Å²) < 4.78 is 0. The van der Waals surface area contributed by atoms with Crippen LogP contribution in [0, 0.1) is 29.6 Å². The maximum atomic E-state index is 2.46. The van der Waals surface area contributed by atoms with Gasteiger partial charge in [-0.3, -0.25) is 0 Å². The van der Waals surface area contributed by atoms with Gasteiger partial charge in [-0.2, -0.15) is 0 Å². The van der Waals surface area contributed by atoms with E-state index in [9.17, 15) is 0 Å². The van der Waals surface area contributed by atoms with Crippen molar-refractivity contribution < 1.29 is 0 Å². The highest BCUT2D eigenvalue weighted by atomic mass is 14.3. The van der Waals surface area contributed by atoms with E-state index in [1.807, 2.05) is 0 Å². The van der Waals surface area contributed by atoms with E-state index in [4.69, 9.17) is 0 Å². The average molecular weight is 255 g/mol. The molecule has 110 valence electrons. The molecule has 0 amide bonds. The van der Waals surface area contributed by atoms with Crippen molar-refractivity contribution in [2.24, 2.45) is 29.6 Å². The summed E-state index contributed by atoms with van der Waals surface area (Å²) in [6, 6.07) is 0. The molecule has 0 aromatic carbocycles. The van der Waals surface area contributed by atoms with Crippen molar-refractivity contribution in [1.29, 1.82) is 0 Å². The van der Waals surface area contributed by atoms with Crippen LogP contribution < -0.4 is 0 Å². The van der Waals surface area contributed by atoms with Crippen LogP contribution in [0.5, 0.6) is 0 Å². The van der Waals surface area contributed by atoms with Crippen LogP contribution in [0.3, 0.4) is 0 Å². The predicted octanol–water partition coefficient (Wildman–Crippen LogP) is 6.55. The first kappa shape index (κ1) is 18.0. The number of hydrogen-bond donors (Lipinski definition) is 0. The minimum Gasteiger partial charge on any atom is -0.0651 e. The van der Waals surface area contributed by atoms with Gasteiger partial charge in [0.2, 0.25) is 0 Å². The van der Waals surface area contributed by atoms with Crippen molar-refractivity contribution in [3.8, 4) is 0 Å². The van der Waals surface area contributed by atoms with Crippen LogP contribution in [0.1, 0.15) is 87.0 Å². The lowest BCUT2D eigenvalue weighted by Gasteiger charge is -2.29. The zero-order chi connectivity index (χ0) is 14.1. The smallest absolute Gasteiger partial charge is 0.0383 e. The van der Waals surface area contributed by atoms with Gasteiger partial charge in [0, 0.05) is 0 Å². The first-order valence-electron chi connectivity index (χ1n) is 8.40. The van der Waals surface area contributed by atoms with E-state index in [0.29, 0.717) is 0 Å². The van der Waals surface area contributed by atoms with E-state index >= 15 is 0 Å². The van der Waals surface area contributed by atoms with Crippen LogP contribution in [0.15, 0.2) is 0 Å². The second-order valence-corrected chi connectivity index (χ2v) is 7.28. The Morgan fingerprint density at radius 3 is 1.56 bits per heavy atom. The van der Waals surface area contributed by atoms with Crippen LogP contribution >= 0.6 is 0 Å². The lowest BCUT2D eigenvalue weighted by Crippen LogP contribution is -2.18. The molecular weight excluding hydrogens is 216 g/mol. The van der Waals surface area contributed by atoms with Crippen LogP contribution in [-0.4, -0.2) is 0 Å². The maximum absolute atomic E-state index is 2.46. The minimum atomic E-state index is 0.854. The largest absolute Gasteiger partial charge is 0.0651 e. The predicted molar refractivity (Wildman–Crippen MR) is 84.9 cm³/mol. The fraction of sp³-hybridized carbons (Fsp3) is 1.00. The van der Waals surface area contributed by atoms with Crippen LogP contribution in [0.2, 0.25) is 0 Å². The Morgan fingerprint density at radius 2 is 1.17 bits per heavy atom. The third-order valence-corrected chi connectivity index (χ3v) is 4.41. The summed E-state index contributed by atoms with van der Waals surface area (Å²) in [6.07, 6.45) is 8.46. The Labute approximate surface area is 117 Å². The van der Waals surface area contributed by atoms with Crippen LogP contribution in [0.25, 0.3) is 0 Å². The molecule has 0 radical (unpaired) electrons. The van der Waals surface area contributed by atoms with Gasteiger partial charge in [0.1, 0.15) is 0 Å². The van der Waals surface area contributed by atoms with Gasteiger partial charge in [0.15, 0.2) is 0 Å². The molecule has 0 heterocycles. The summed E-state index contributed by atoms with van der Waals surface area (Å²) in [5.74, 6) is 4.55. The molecule has 0 fully saturated rings. The van der Waals surface area contributed by atoms with E-state index in [-0.39, 0.29) is 0 Å². The summed E-state index contributed by atoms with van der Waals surface area (Å²) in [6.45, 7) is 16.7. The van der Waals surface area contributed by atoms with Gasteiger partial charge in [-0.1, -0.05) is 67.7 Å². The Bertz CT molecular complexity index is 176. The Morgan fingerprint density at radius 1 is 0.611 bits per heavy atom. The molecule has 0 aliphatic carbocycles. The van der Waals surface area contributed by atoms with Gasteiger partial charge in [-0.05, 0) is 48.9 Å². The molecule has 0 aliphatic rings. The van der Waals surface area contributed by atoms with Gasteiger partial charge in [0.25, 0.3) is 0 Å². The zero-order valence-electron chi connectivity index (χ0n) is 14.1. The lowest BCUT2D eigenvalue weighted by molar-refractivity contribution is 0.220. The molecule has 0 heteroatoms. The average Bonchev–Trinajstić information content (AvgIpc) is 2.25. The Hall–Kier alpha value is 0. The molecule has 0 aromatic heterocycles. The Kier molecular flexibility index (Phi) is 9.87. The third-order valence-electron chi connectivity index (χ3n) is 4.41. The minimum absolute atomic E-state index is 0.854. The molecule has 0 aliphatic heterocycles. The topological polar surface area (TPSA) is 0 Å². The second kappa shape index (κ2) is 9.87. The summed E-state index contributed by atoms with van der Waals surface area (Å²) in [7, 11) is 0. The van der Waals surface area contributed by atoms with Gasteiger partial charge in [-0.15, -0.1) is 0 Å². The van der Waals surface area contributed by atoms with E-state index in [1.54, 1.807) is 0 Å². The van der Waals surface area contributed by atoms with Crippen LogP contribution in [0.4, 0.5) is 0 Å². The fourth-order valence-corrected chi connectivity index (χ4v) is 3.47. The summed E-state index contributed by atoms with van der Waals surface area (Å²) >= 11 is 0. The number of rotatable bonds is 10. The highest BCUT2D eigenvalue weighted by molar-refractivity contribution is 4.72. The van der Waals surface area contributed by atoms with Crippen LogP contribution in [-0.2, 0) is 0 Å². The summed E-state index contributed by atoms with van der Waals surface area (Å²) in [5, 5.41) is 0. The fourth-order valence-electron chi connectivity index (χ4n) is 3.47. The van der Waals surface area contributed by atoms with E-state index < -0.39 is 0 Å². The van der Waals surface area contributed by atoms with E-state index in [1.165, 1.54) is 38.5 Å². The first-order chi connectivity index (χ1) is 8.40. The third kappa shape index (κ3) is 8.16.